The first-order valence-corrected chi connectivity index (χ1v) is 16.0. The molecule has 1 fully saturated rings. The topological polar surface area (TPSA) is 12.2 Å². The second kappa shape index (κ2) is 11.9. The van der Waals surface area contributed by atoms with Gasteiger partial charge in [0.2, 0.25) is 5.69 Å². The molecule has 1 heterocycles. The first-order chi connectivity index (χ1) is 20.3. The van der Waals surface area contributed by atoms with Crippen LogP contribution in [0.1, 0.15) is 80.2 Å². The molecule has 0 radical (unpaired) electrons. The van der Waals surface area contributed by atoms with Crippen LogP contribution < -0.4 is 4.74 Å². The third-order valence-corrected chi connectivity index (χ3v) is 9.50. The van der Waals surface area contributed by atoms with Crippen LogP contribution in [-0.4, -0.2) is 23.4 Å². The Morgan fingerprint density at radius 2 is 1.62 bits per heavy atom. The summed E-state index contributed by atoms with van der Waals surface area (Å²) >= 11 is 0. The molecule has 2 nitrogen and oxygen atoms in total. The standard InChI is InChI=1S/C40H46NO/c1-28(2)33-15-18-35(19-16-33)42-23-22-41-37-20-17-34-12-8-9-13-36(34)39(37)40(5,27-32-25-29(3)24-30(4)26-32)38(41)21-14-31-10-6-7-11-31/h8-9,12-21,24-26,28,31H,6-7,10-11,22-23,27H2,1-5H3/q+1. The van der Waals surface area contributed by atoms with Crippen molar-refractivity contribution < 1.29 is 9.31 Å². The van der Waals surface area contributed by atoms with Crippen LogP contribution in [0.4, 0.5) is 5.69 Å². The van der Waals surface area contributed by atoms with Crippen LogP contribution >= 0.6 is 0 Å². The molecule has 2 aliphatic rings. The summed E-state index contributed by atoms with van der Waals surface area (Å²) in [4.78, 5) is 0. The molecule has 1 aliphatic heterocycles. The predicted molar refractivity (Wildman–Crippen MR) is 178 cm³/mol. The Bertz CT molecular complexity index is 1610. The number of rotatable bonds is 9. The van der Waals surface area contributed by atoms with Crippen molar-refractivity contribution in [3.05, 3.63) is 119 Å². The van der Waals surface area contributed by atoms with E-state index in [-0.39, 0.29) is 5.41 Å². The van der Waals surface area contributed by atoms with Crippen molar-refractivity contribution in [2.75, 3.05) is 13.2 Å². The van der Waals surface area contributed by atoms with Gasteiger partial charge in [0.05, 0.1) is 5.41 Å². The highest BCUT2D eigenvalue weighted by molar-refractivity contribution is 6.08. The number of allylic oxidation sites excluding steroid dienone is 2. The minimum absolute atomic E-state index is 0.162. The quantitative estimate of drug-likeness (QED) is 0.187. The fourth-order valence-electron chi connectivity index (χ4n) is 7.47. The Morgan fingerprint density at radius 3 is 2.33 bits per heavy atom. The lowest BCUT2D eigenvalue weighted by Crippen LogP contribution is -2.34. The van der Waals surface area contributed by atoms with Crippen molar-refractivity contribution in [1.29, 1.82) is 0 Å². The molecule has 0 bridgehead atoms. The van der Waals surface area contributed by atoms with Crippen molar-refractivity contribution >= 4 is 22.2 Å². The second-order valence-corrected chi connectivity index (χ2v) is 13.2. The summed E-state index contributed by atoms with van der Waals surface area (Å²) in [5, 5.41) is 2.67. The summed E-state index contributed by atoms with van der Waals surface area (Å²) in [6.07, 6.45) is 11.3. The average Bonchev–Trinajstić information content (AvgIpc) is 3.56. The Morgan fingerprint density at radius 1 is 0.905 bits per heavy atom. The fraction of sp³-hybridized carbons (Fsp3) is 0.375. The van der Waals surface area contributed by atoms with E-state index in [0.29, 0.717) is 18.4 Å². The highest BCUT2D eigenvalue weighted by atomic mass is 16.5. The Labute approximate surface area is 252 Å². The van der Waals surface area contributed by atoms with Crippen LogP contribution in [0, 0.1) is 19.8 Å². The van der Waals surface area contributed by atoms with Crippen molar-refractivity contribution in [1.82, 2.24) is 0 Å². The van der Waals surface area contributed by atoms with Gasteiger partial charge < -0.3 is 4.74 Å². The fourth-order valence-corrected chi connectivity index (χ4v) is 7.47. The monoisotopic (exact) mass is 556 g/mol. The van der Waals surface area contributed by atoms with E-state index in [2.05, 4.69) is 130 Å². The van der Waals surface area contributed by atoms with Crippen molar-refractivity contribution in [2.45, 2.75) is 78.1 Å². The number of benzene rings is 4. The van der Waals surface area contributed by atoms with E-state index in [1.807, 2.05) is 0 Å². The molecule has 0 N–H and O–H groups in total. The molecule has 0 saturated heterocycles. The van der Waals surface area contributed by atoms with Crippen LogP contribution in [0.5, 0.6) is 5.75 Å². The molecule has 42 heavy (non-hydrogen) atoms. The van der Waals surface area contributed by atoms with Gasteiger partial charge in [0.25, 0.3) is 0 Å². The molecular formula is C40H46NO+. The maximum atomic E-state index is 6.37. The van der Waals surface area contributed by atoms with E-state index >= 15 is 0 Å². The maximum absolute atomic E-state index is 6.37. The highest BCUT2D eigenvalue weighted by Gasteiger charge is 2.49. The van der Waals surface area contributed by atoms with Crippen LogP contribution in [0.25, 0.3) is 10.8 Å². The van der Waals surface area contributed by atoms with Crippen LogP contribution in [0.15, 0.2) is 91.0 Å². The van der Waals surface area contributed by atoms with Gasteiger partial charge in [-0.25, -0.2) is 0 Å². The van der Waals surface area contributed by atoms with Crippen LogP contribution in [0.2, 0.25) is 0 Å². The molecule has 0 aromatic heterocycles. The highest BCUT2D eigenvalue weighted by Crippen LogP contribution is 2.46. The van der Waals surface area contributed by atoms with Gasteiger partial charge in [-0.15, -0.1) is 0 Å². The molecule has 0 spiro atoms. The maximum Gasteiger partial charge on any atom is 0.210 e. The van der Waals surface area contributed by atoms with Gasteiger partial charge in [-0.3, -0.25) is 0 Å². The third-order valence-electron chi connectivity index (χ3n) is 9.50. The number of nitrogens with zero attached hydrogens (tertiary/aromatic N) is 1. The number of aryl methyl sites for hydroxylation is 2. The summed E-state index contributed by atoms with van der Waals surface area (Å²) in [5.41, 5.74) is 9.44. The van der Waals surface area contributed by atoms with E-state index in [1.165, 1.54) is 75.7 Å². The molecule has 4 aromatic rings. The number of ether oxygens (including phenoxy) is 1. The first kappa shape index (κ1) is 28.5. The largest absolute Gasteiger partial charge is 0.487 e. The van der Waals surface area contributed by atoms with Gasteiger partial charge >= 0.3 is 0 Å². The summed E-state index contributed by atoms with van der Waals surface area (Å²) in [6.45, 7) is 12.8. The zero-order valence-electron chi connectivity index (χ0n) is 26.1. The average molecular weight is 557 g/mol. The van der Waals surface area contributed by atoms with Gasteiger partial charge in [0.1, 0.15) is 12.4 Å². The smallest absolute Gasteiger partial charge is 0.210 e. The summed E-state index contributed by atoms with van der Waals surface area (Å²) in [7, 11) is 0. The van der Waals surface area contributed by atoms with E-state index in [1.54, 1.807) is 0 Å². The zero-order valence-corrected chi connectivity index (χ0v) is 26.1. The lowest BCUT2D eigenvalue weighted by molar-refractivity contribution is -0.439. The molecule has 6 rings (SSSR count). The molecule has 216 valence electrons. The third kappa shape index (κ3) is 5.69. The first-order valence-electron chi connectivity index (χ1n) is 16.0. The Balaban J connectivity index is 1.43. The van der Waals surface area contributed by atoms with Gasteiger partial charge in [0.15, 0.2) is 12.3 Å². The van der Waals surface area contributed by atoms with Crippen LogP contribution in [-0.2, 0) is 11.8 Å². The van der Waals surface area contributed by atoms with Crippen molar-refractivity contribution in [3.8, 4) is 5.75 Å². The molecule has 1 unspecified atom stereocenters. The molecule has 0 amide bonds. The Kier molecular flexibility index (Phi) is 8.08. The number of fused-ring (bicyclic) bond motifs is 3. The Hall–Kier alpha value is -3.65. The molecule has 1 atom stereocenters. The lowest BCUT2D eigenvalue weighted by Gasteiger charge is -2.25. The minimum Gasteiger partial charge on any atom is -0.487 e. The van der Waals surface area contributed by atoms with Crippen molar-refractivity contribution in [2.24, 2.45) is 5.92 Å². The van der Waals surface area contributed by atoms with E-state index in [4.69, 9.17) is 4.74 Å². The number of hydrogen-bond donors (Lipinski definition) is 0. The molecule has 1 aliphatic carbocycles. The van der Waals surface area contributed by atoms with Gasteiger partial charge in [-0.2, -0.15) is 4.58 Å². The lowest BCUT2D eigenvalue weighted by atomic mass is 9.72. The van der Waals surface area contributed by atoms with Gasteiger partial charge in [0, 0.05) is 17.7 Å². The summed E-state index contributed by atoms with van der Waals surface area (Å²) in [6, 6.07) is 29.3. The van der Waals surface area contributed by atoms with Crippen molar-refractivity contribution in [3.63, 3.8) is 0 Å². The zero-order chi connectivity index (χ0) is 29.3. The molecular weight excluding hydrogens is 510 g/mol. The SMILES string of the molecule is Cc1cc(C)cc(CC2(C)C(C=CC3CCCC3)=[N+](CCOc3ccc(C(C)C)cc3)c3ccc4ccccc4c32)c1. The van der Waals surface area contributed by atoms with Gasteiger partial charge in [-0.05, 0) is 92.0 Å². The normalized spacial score (nSPS) is 19.0. The van der Waals surface area contributed by atoms with Crippen LogP contribution in [0.3, 0.4) is 0 Å². The molecule has 1 saturated carbocycles. The summed E-state index contributed by atoms with van der Waals surface area (Å²) < 4.78 is 8.94. The van der Waals surface area contributed by atoms with Gasteiger partial charge in [-0.1, -0.05) is 98.5 Å². The second-order valence-electron chi connectivity index (χ2n) is 13.2. The van der Waals surface area contributed by atoms with E-state index in [0.717, 1.165) is 18.7 Å². The minimum atomic E-state index is -0.162. The van der Waals surface area contributed by atoms with E-state index < -0.39 is 0 Å². The summed E-state index contributed by atoms with van der Waals surface area (Å²) in [5.74, 6) is 2.15. The molecule has 2 heteroatoms. The number of hydrogen-bond acceptors (Lipinski definition) is 1. The molecule has 4 aromatic carbocycles. The van der Waals surface area contributed by atoms with E-state index in [9.17, 15) is 0 Å². The predicted octanol–water partition coefficient (Wildman–Crippen LogP) is 10.0.